The molecule has 130 valence electrons. The van der Waals surface area contributed by atoms with Crippen LogP contribution in [0.2, 0.25) is 0 Å². The number of hydrogen-bond acceptors (Lipinski definition) is 5. The zero-order valence-electron chi connectivity index (χ0n) is 14.0. The maximum absolute atomic E-state index is 11.6. The summed E-state index contributed by atoms with van der Waals surface area (Å²) >= 11 is 0. The summed E-state index contributed by atoms with van der Waals surface area (Å²) in [5.74, 6) is 1.22. The molecule has 0 aliphatic carbocycles. The van der Waals surface area contributed by atoms with E-state index in [2.05, 4.69) is 34.5 Å². The predicted molar refractivity (Wildman–Crippen MR) is 98.5 cm³/mol. The molecule has 25 heavy (non-hydrogen) atoms. The highest BCUT2D eigenvalue weighted by Gasteiger charge is 2.23. The zero-order chi connectivity index (χ0) is 17.4. The summed E-state index contributed by atoms with van der Waals surface area (Å²) in [5.41, 5.74) is 3.98. The van der Waals surface area contributed by atoms with E-state index < -0.39 is 9.84 Å². The molecule has 6 nitrogen and oxygen atoms in total. The van der Waals surface area contributed by atoms with Crippen molar-refractivity contribution in [3.8, 4) is 11.3 Å². The fourth-order valence-electron chi connectivity index (χ4n) is 3.20. The van der Waals surface area contributed by atoms with Crippen molar-refractivity contribution in [2.75, 3.05) is 16.8 Å². The van der Waals surface area contributed by atoms with Gasteiger partial charge in [-0.05, 0) is 38.0 Å². The molecule has 7 heteroatoms. The Balaban J connectivity index is 1.63. The van der Waals surface area contributed by atoms with Crippen molar-refractivity contribution in [2.24, 2.45) is 0 Å². The summed E-state index contributed by atoms with van der Waals surface area (Å²) in [5, 5.41) is 8.03. The standard InChI is InChI=1S/C18H20N4O2S/c1-13-3-2-4-14(11-13)16-12-19-18-6-5-17(21-22(16)18)20-15-7-9-25(23,24)10-8-15/h2-6,11-12,15H,7-10H2,1H3,(H,20,21). The van der Waals surface area contributed by atoms with Gasteiger partial charge in [0.15, 0.2) is 5.65 Å². The van der Waals surface area contributed by atoms with Gasteiger partial charge in [0, 0.05) is 11.6 Å². The molecule has 3 aromatic rings. The second-order valence-electron chi connectivity index (χ2n) is 6.57. The number of imidazole rings is 1. The zero-order valence-corrected chi connectivity index (χ0v) is 14.8. The van der Waals surface area contributed by atoms with E-state index in [0.717, 1.165) is 22.7 Å². The van der Waals surface area contributed by atoms with Gasteiger partial charge < -0.3 is 5.32 Å². The van der Waals surface area contributed by atoms with Gasteiger partial charge >= 0.3 is 0 Å². The molecule has 1 aliphatic heterocycles. The minimum atomic E-state index is -2.86. The highest BCUT2D eigenvalue weighted by Crippen LogP contribution is 2.23. The van der Waals surface area contributed by atoms with Gasteiger partial charge in [0.2, 0.25) is 0 Å². The molecular formula is C18H20N4O2S. The molecule has 4 rings (SSSR count). The Hall–Kier alpha value is -2.41. The van der Waals surface area contributed by atoms with Gasteiger partial charge in [-0.2, -0.15) is 0 Å². The molecule has 1 aliphatic rings. The molecule has 0 atom stereocenters. The number of hydrogen-bond donors (Lipinski definition) is 1. The predicted octanol–water partition coefficient (Wildman–Crippen LogP) is 2.69. The van der Waals surface area contributed by atoms with Crippen molar-refractivity contribution < 1.29 is 8.42 Å². The van der Waals surface area contributed by atoms with Crippen LogP contribution < -0.4 is 5.32 Å². The lowest BCUT2D eigenvalue weighted by molar-refractivity contribution is 0.558. The highest BCUT2D eigenvalue weighted by molar-refractivity contribution is 7.91. The number of aromatic nitrogens is 3. The van der Waals surface area contributed by atoms with Gasteiger partial charge in [0.05, 0.1) is 23.4 Å². The van der Waals surface area contributed by atoms with Crippen molar-refractivity contribution >= 4 is 21.3 Å². The Kier molecular flexibility index (Phi) is 3.95. The topological polar surface area (TPSA) is 76.4 Å². The van der Waals surface area contributed by atoms with E-state index in [4.69, 9.17) is 0 Å². The number of anilines is 1. The molecule has 0 amide bonds. The van der Waals surface area contributed by atoms with Crippen molar-refractivity contribution in [2.45, 2.75) is 25.8 Å². The third-order valence-corrected chi connectivity index (χ3v) is 6.30. The van der Waals surface area contributed by atoms with Crippen LogP contribution in [0.25, 0.3) is 16.9 Å². The van der Waals surface area contributed by atoms with Crippen molar-refractivity contribution in [3.05, 3.63) is 48.2 Å². The van der Waals surface area contributed by atoms with Crippen LogP contribution in [0.1, 0.15) is 18.4 Å². The van der Waals surface area contributed by atoms with Crippen LogP contribution in [-0.4, -0.2) is 40.6 Å². The van der Waals surface area contributed by atoms with Crippen LogP contribution in [-0.2, 0) is 9.84 Å². The number of nitrogens with zero attached hydrogens (tertiary/aromatic N) is 3. The van der Waals surface area contributed by atoms with Gasteiger partial charge in [0.1, 0.15) is 15.7 Å². The molecule has 1 fully saturated rings. The fourth-order valence-corrected chi connectivity index (χ4v) is 4.69. The summed E-state index contributed by atoms with van der Waals surface area (Å²) in [6, 6.07) is 12.2. The lowest BCUT2D eigenvalue weighted by Gasteiger charge is -2.23. The van der Waals surface area contributed by atoms with E-state index in [1.807, 2.05) is 35.0 Å². The second kappa shape index (κ2) is 6.15. The average molecular weight is 356 g/mol. The molecule has 0 bridgehead atoms. The van der Waals surface area contributed by atoms with Crippen LogP contribution in [0.5, 0.6) is 0 Å². The van der Waals surface area contributed by atoms with E-state index in [1.54, 1.807) is 0 Å². The summed E-state index contributed by atoms with van der Waals surface area (Å²) in [4.78, 5) is 4.43. The van der Waals surface area contributed by atoms with Crippen molar-refractivity contribution in [1.29, 1.82) is 0 Å². The summed E-state index contributed by atoms with van der Waals surface area (Å²) in [7, 11) is -2.86. The number of sulfone groups is 1. The summed E-state index contributed by atoms with van der Waals surface area (Å²) in [6.45, 7) is 2.06. The quantitative estimate of drug-likeness (QED) is 0.781. The number of rotatable bonds is 3. The smallest absolute Gasteiger partial charge is 0.154 e. The van der Waals surface area contributed by atoms with Gasteiger partial charge in [0.25, 0.3) is 0 Å². The maximum atomic E-state index is 11.6. The molecule has 3 heterocycles. The van der Waals surface area contributed by atoms with Gasteiger partial charge in [-0.3, -0.25) is 0 Å². The first-order valence-corrected chi connectivity index (χ1v) is 10.2. The first-order valence-electron chi connectivity index (χ1n) is 8.39. The molecule has 0 unspecified atom stereocenters. The molecule has 1 aromatic carbocycles. The molecule has 0 saturated carbocycles. The normalized spacial score (nSPS) is 17.6. The minimum absolute atomic E-state index is 0.138. The molecule has 1 saturated heterocycles. The monoisotopic (exact) mass is 356 g/mol. The van der Waals surface area contributed by atoms with Gasteiger partial charge in [-0.1, -0.05) is 23.8 Å². The Labute approximate surface area is 146 Å². The van der Waals surface area contributed by atoms with E-state index in [0.29, 0.717) is 12.8 Å². The summed E-state index contributed by atoms with van der Waals surface area (Å²) < 4.78 is 25.0. The van der Waals surface area contributed by atoms with Crippen molar-refractivity contribution in [3.63, 3.8) is 0 Å². The highest BCUT2D eigenvalue weighted by atomic mass is 32.2. The lowest BCUT2D eigenvalue weighted by atomic mass is 10.1. The first kappa shape index (κ1) is 16.1. The Morgan fingerprint density at radius 3 is 2.72 bits per heavy atom. The Morgan fingerprint density at radius 1 is 1.16 bits per heavy atom. The average Bonchev–Trinajstić information content (AvgIpc) is 3.00. The third-order valence-electron chi connectivity index (χ3n) is 4.58. The van der Waals surface area contributed by atoms with Crippen LogP contribution in [0.3, 0.4) is 0 Å². The summed E-state index contributed by atoms with van der Waals surface area (Å²) in [6.07, 6.45) is 3.07. The molecule has 0 spiro atoms. The maximum Gasteiger partial charge on any atom is 0.154 e. The van der Waals surface area contributed by atoms with E-state index in [9.17, 15) is 8.42 Å². The molecule has 0 radical (unpaired) electrons. The Bertz CT molecular complexity index is 1010. The van der Waals surface area contributed by atoms with Crippen LogP contribution >= 0.6 is 0 Å². The number of benzene rings is 1. The third kappa shape index (κ3) is 3.37. The fraction of sp³-hybridized carbons (Fsp3) is 0.333. The largest absolute Gasteiger partial charge is 0.366 e. The molecule has 1 N–H and O–H groups in total. The number of aryl methyl sites for hydroxylation is 1. The number of fused-ring (bicyclic) bond motifs is 1. The Morgan fingerprint density at radius 2 is 1.96 bits per heavy atom. The van der Waals surface area contributed by atoms with Crippen molar-refractivity contribution in [1.82, 2.24) is 14.6 Å². The van der Waals surface area contributed by atoms with Crippen LogP contribution in [0, 0.1) is 6.92 Å². The first-order chi connectivity index (χ1) is 12.0. The second-order valence-corrected chi connectivity index (χ2v) is 8.88. The number of nitrogens with one attached hydrogen (secondary N) is 1. The van der Waals surface area contributed by atoms with E-state index in [-0.39, 0.29) is 17.5 Å². The van der Waals surface area contributed by atoms with Gasteiger partial charge in [-0.25, -0.2) is 17.9 Å². The van der Waals surface area contributed by atoms with E-state index in [1.165, 1.54) is 5.56 Å². The minimum Gasteiger partial charge on any atom is -0.366 e. The van der Waals surface area contributed by atoms with Gasteiger partial charge in [-0.15, -0.1) is 5.10 Å². The SMILES string of the molecule is Cc1cccc(-c2cnc3ccc(NC4CCS(=O)(=O)CC4)nn23)c1. The van der Waals surface area contributed by atoms with Crippen LogP contribution in [0.4, 0.5) is 5.82 Å². The lowest BCUT2D eigenvalue weighted by Crippen LogP contribution is -2.32. The molecular weight excluding hydrogens is 336 g/mol. The van der Waals surface area contributed by atoms with E-state index >= 15 is 0 Å². The molecule has 2 aromatic heterocycles. The van der Waals surface area contributed by atoms with Crippen LogP contribution in [0.15, 0.2) is 42.6 Å².